The van der Waals surface area contributed by atoms with E-state index in [0.717, 1.165) is 64.0 Å². The molecule has 4 heterocycles. The zero-order valence-corrected chi connectivity index (χ0v) is 21.3. The Bertz CT molecular complexity index is 1720. The van der Waals surface area contributed by atoms with Gasteiger partial charge in [0, 0.05) is 23.9 Å². The smallest absolute Gasteiger partial charge is 0.168 e. The SMILES string of the molecule is CCn1nc(-c2cccc(C=O)n2)c2ccccc21.CCn1nc(-c2cccc(CO)n2)c2ccccc21. The Labute approximate surface area is 220 Å². The Hall–Kier alpha value is -4.69. The van der Waals surface area contributed by atoms with Crippen LogP contribution in [0.5, 0.6) is 0 Å². The van der Waals surface area contributed by atoms with E-state index in [2.05, 4.69) is 46.1 Å². The first-order valence-corrected chi connectivity index (χ1v) is 12.6. The average Bonchev–Trinajstić information content (AvgIpc) is 3.56. The summed E-state index contributed by atoms with van der Waals surface area (Å²) < 4.78 is 3.91. The van der Waals surface area contributed by atoms with Gasteiger partial charge in [-0.1, -0.05) is 48.5 Å². The molecule has 6 rings (SSSR count). The van der Waals surface area contributed by atoms with Crippen molar-refractivity contribution < 1.29 is 9.90 Å². The van der Waals surface area contributed by atoms with E-state index in [-0.39, 0.29) is 6.61 Å². The quantitative estimate of drug-likeness (QED) is 0.299. The summed E-state index contributed by atoms with van der Waals surface area (Å²) in [5, 5.41) is 20.5. The monoisotopic (exact) mass is 504 g/mol. The number of aliphatic hydroxyl groups is 1. The number of fused-ring (bicyclic) bond motifs is 2. The van der Waals surface area contributed by atoms with E-state index in [9.17, 15) is 9.90 Å². The third-order valence-corrected chi connectivity index (χ3v) is 6.26. The van der Waals surface area contributed by atoms with E-state index in [1.165, 1.54) is 0 Å². The highest BCUT2D eigenvalue weighted by Gasteiger charge is 2.13. The van der Waals surface area contributed by atoms with Gasteiger partial charge in [0.05, 0.1) is 34.7 Å². The third-order valence-electron chi connectivity index (χ3n) is 6.26. The molecule has 0 aliphatic rings. The lowest BCUT2D eigenvalue weighted by atomic mass is 10.1. The summed E-state index contributed by atoms with van der Waals surface area (Å²) in [6, 6.07) is 27.2. The van der Waals surface area contributed by atoms with Crippen LogP contribution in [0.1, 0.15) is 30.0 Å². The molecule has 0 amide bonds. The van der Waals surface area contributed by atoms with Gasteiger partial charge in [0.25, 0.3) is 0 Å². The van der Waals surface area contributed by atoms with Crippen molar-refractivity contribution in [2.45, 2.75) is 33.5 Å². The molecule has 1 N–H and O–H groups in total. The van der Waals surface area contributed by atoms with Crippen molar-refractivity contribution in [2.75, 3.05) is 0 Å². The summed E-state index contributed by atoms with van der Waals surface area (Å²) >= 11 is 0. The number of carbonyl (C=O) groups excluding carboxylic acids is 1. The van der Waals surface area contributed by atoms with E-state index >= 15 is 0 Å². The molecule has 0 bridgehead atoms. The number of nitrogens with zero attached hydrogens (tertiary/aromatic N) is 6. The molecule has 0 aliphatic carbocycles. The molecule has 8 heteroatoms. The fraction of sp³-hybridized carbons (Fsp3) is 0.167. The lowest BCUT2D eigenvalue weighted by Crippen LogP contribution is -1.96. The van der Waals surface area contributed by atoms with Crippen LogP contribution >= 0.6 is 0 Å². The highest BCUT2D eigenvalue weighted by Crippen LogP contribution is 2.27. The van der Waals surface area contributed by atoms with Gasteiger partial charge < -0.3 is 5.11 Å². The molecular weight excluding hydrogens is 476 g/mol. The lowest BCUT2D eigenvalue weighted by molar-refractivity contribution is 0.111. The molecule has 38 heavy (non-hydrogen) atoms. The Morgan fingerprint density at radius 2 is 1.21 bits per heavy atom. The minimum atomic E-state index is -0.0553. The number of pyridine rings is 2. The molecule has 190 valence electrons. The largest absolute Gasteiger partial charge is 0.390 e. The first-order valence-electron chi connectivity index (χ1n) is 12.6. The molecule has 0 fully saturated rings. The third kappa shape index (κ3) is 4.81. The van der Waals surface area contributed by atoms with Gasteiger partial charge in [-0.3, -0.25) is 14.2 Å². The number of aliphatic hydroxyl groups excluding tert-OH is 1. The number of aryl methyl sites for hydroxylation is 2. The Kier molecular flexibility index (Phi) is 7.33. The lowest BCUT2D eigenvalue weighted by Gasteiger charge is -2.00. The van der Waals surface area contributed by atoms with Crippen LogP contribution in [0.25, 0.3) is 44.6 Å². The first kappa shape index (κ1) is 25.0. The number of para-hydroxylation sites is 2. The Balaban J connectivity index is 0.000000155. The summed E-state index contributed by atoms with van der Waals surface area (Å²) in [5.74, 6) is 0. The summed E-state index contributed by atoms with van der Waals surface area (Å²) in [5.41, 5.74) is 6.49. The molecule has 0 unspecified atom stereocenters. The van der Waals surface area contributed by atoms with Crippen LogP contribution in [-0.4, -0.2) is 40.9 Å². The second kappa shape index (κ2) is 11.1. The second-order valence-electron chi connectivity index (χ2n) is 8.60. The summed E-state index contributed by atoms with van der Waals surface area (Å²) in [4.78, 5) is 19.6. The highest BCUT2D eigenvalue weighted by molar-refractivity contribution is 5.93. The fourth-order valence-corrected chi connectivity index (χ4v) is 4.46. The van der Waals surface area contributed by atoms with Crippen LogP contribution in [-0.2, 0) is 19.7 Å². The van der Waals surface area contributed by atoms with E-state index in [1.54, 1.807) is 6.07 Å². The second-order valence-corrected chi connectivity index (χ2v) is 8.60. The number of aromatic nitrogens is 6. The molecule has 4 aromatic heterocycles. The number of hydrogen-bond donors (Lipinski definition) is 1. The van der Waals surface area contributed by atoms with Crippen LogP contribution in [0.4, 0.5) is 0 Å². The molecule has 0 aliphatic heterocycles. The molecule has 0 spiro atoms. The number of hydrogen-bond acceptors (Lipinski definition) is 6. The van der Waals surface area contributed by atoms with Crippen molar-refractivity contribution in [3.63, 3.8) is 0 Å². The Morgan fingerprint density at radius 1 is 0.684 bits per heavy atom. The van der Waals surface area contributed by atoms with E-state index in [0.29, 0.717) is 11.4 Å². The number of rotatable bonds is 6. The normalized spacial score (nSPS) is 10.9. The molecule has 8 nitrogen and oxygen atoms in total. The summed E-state index contributed by atoms with van der Waals surface area (Å²) in [6.45, 7) is 5.69. The van der Waals surface area contributed by atoms with E-state index < -0.39 is 0 Å². The van der Waals surface area contributed by atoms with Gasteiger partial charge in [-0.25, -0.2) is 9.97 Å². The molecule has 6 aromatic rings. The average molecular weight is 505 g/mol. The van der Waals surface area contributed by atoms with Crippen molar-refractivity contribution in [1.29, 1.82) is 0 Å². The van der Waals surface area contributed by atoms with Gasteiger partial charge >= 0.3 is 0 Å². The standard InChI is InChI=1S/C15H15N3O.C15H13N3O/c2*1-2-18-14-9-4-3-7-12(14)15(17-18)13-8-5-6-11(10-19)16-13/h3-9,19H,2,10H2,1H3;3-10H,2H2,1H3. The van der Waals surface area contributed by atoms with Crippen LogP contribution in [0.15, 0.2) is 84.9 Å². The van der Waals surface area contributed by atoms with Gasteiger partial charge in [0.1, 0.15) is 17.1 Å². The fourth-order valence-electron chi connectivity index (χ4n) is 4.46. The maximum absolute atomic E-state index is 10.8. The minimum Gasteiger partial charge on any atom is -0.390 e. The van der Waals surface area contributed by atoms with Crippen LogP contribution in [0, 0.1) is 0 Å². The van der Waals surface area contributed by atoms with Crippen molar-refractivity contribution >= 4 is 28.1 Å². The van der Waals surface area contributed by atoms with Crippen molar-refractivity contribution in [3.05, 3.63) is 96.3 Å². The number of carbonyl (C=O) groups is 1. The van der Waals surface area contributed by atoms with Gasteiger partial charge in [-0.2, -0.15) is 10.2 Å². The predicted molar refractivity (Wildman–Crippen MR) is 149 cm³/mol. The first-order chi connectivity index (χ1) is 18.7. The predicted octanol–water partition coefficient (Wildman–Crippen LogP) is 5.54. The topological polar surface area (TPSA) is 98.7 Å². The van der Waals surface area contributed by atoms with Crippen molar-refractivity contribution in [3.8, 4) is 22.8 Å². The molecular formula is C30H28N6O2. The minimum absolute atomic E-state index is 0.0553. The van der Waals surface area contributed by atoms with Crippen LogP contribution in [0.3, 0.4) is 0 Å². The van der Waals surface area contributed by atoms with Crippen LogP contribution < -0.4 is 0 Å². The van der Waals surface area contributed by atoms with Gasteiger partial charge in [-0.15, -0.1) is 0 Å². The maximum Gasteiger partial charge on any atom is 0.168 e. The van der Waals surface area contributed by atoms with Crippen LogP contribution in [0.2, 0.25) is 0 Å². The summed E-state index contributed by atoms with van der Waals surface area (Å²) in [7, 11) is 0. The number of aldehydes is 1. The highest BCUT2D eigenvalue weighted by atomic mass is 16.3. The van der Waals surface area contributed by atoms with E-state index in [1.807, 2.05) is 76.1 Å². The maximum atomic E-state index is 10.8. The van der Waals surface area contributed by atoms with E-state index in [4.69, 9.17) is 0 Å². The number of benzene rings is 2. The Morgan fingerprint density at radius 3 is 1.74 bits per heavy atom. The molecule has 0 saturated heterocycles. The zero-order chi connectivity index (χ0) is 26.5. The molecule has 0 saturated carbocycles. The molecule has 2 aromatic carbocycles. The molecule has 0 radical (unpaired) electrons. The van der Waals surface area contributed by atoms with Gasteiger partial charge in [0.2, 0.25) is 0 Å². The molecule has 0 atom stereocenters. The van der Waals surface area contributed by atoms with Gasteiger partial charge in [-0.05, 0) is 50.2 Å². The van der Waals surface area contributed by atoms with Crippen molar-refractivity contribution in [2.24, 2.45) is 0 Å². The van der Waals surface area contributed by atoms with Crippen molar-refractivity contribution in [1.82, 2.24) is 29.5 Å². The summed E-state index contributed by atoms with van der Waals surface area (Å²) in [6.07, 6.45) is 0.752. The van der Waals surface area contributed by atoms with Gasteiger partial charge in [0.15, 0.2) is 6.29 Å². The zero-order valence-electron chi connectivity index (χ0n) is 21.3.